The number of carbonyl (C=O) groups excluding carboxylic acids is 1. The number of amides is 1. The summed E-state index contributed by atoms with van der Waals surface area (Å²) in [6.45, 7) is 4.34. The van der Waals surface area contributed by atoms with Gasteiger partial charge in [0.15, 0.2) is 0 Å². The van der Waals surface area contributed by atoms with Crippen LogP contribution >= 0.6 is 0 Å². The zero-order valence-electron chi connectivity index (χ0n) is 9.70. The number of hydrogen-bond donors (Lipinski definition) is 0. The minimum absolute atomic E-state index is 0.220. The second-order valence-corrected chi connectivity index (χ2v) is 5.12. The first kappa shape index (κ1) is 10.7. The van der Waals surface area contributed by atoms with Crippen LogP contribution in [0.1, 0.15) is 52.4 Å². The van der Waals surface area contributed by atoms with Crippen LogP contribution in [0.5, 0.6) is 0 Å². The number of hydrogen-bond acceptors (Lipinski definition) is 2. The molecular weight excluding hydrogens is 188 g/mol. The van der Waals surface area contributed by atoms with E-state index in [0.29, 0.717) is 18.4 Å². The molecule has 0 atom stereocenters. The molecule has 0 aromatic heterocycles. The van der Waals surface area contributed by atoms with Crippen molar-refractivity contribution in [2.75, 3.05) is 0 Å². The first-order valence-electron chi connectivity index (χ1n) is 6.05. The Morgan fingerprint density at radius 2 is 2.07 bits per heavy atom. The van der Waals surface area contributed by atoms with Crippen molar-refractivity contribution < 1.29 is 4.79 Å². The van der Waals surface area contributed by atoms with Gasteiger partial charge in [0.25, 0.3) is 0 Å². The van der Waals surface area contributed by atoms with Crippen LogP contribution in [-0.4, -0.2) is 22.7 Å². The summed E-state index contributed by atoms with van der Waals surface area (Å²) in [6, 6.07) is 0.405. The van der Waals surface area contributed by atoms with E-state index in [0.717, 1.165) is 25.0 Å². The van der Waals surface area contributed by atoms with Crippen molar-refractivity contribution in [2.45, 2.75) is 58.4 Å². The molecule has 15 heavy (non-hydrogen) atoms. The van der Waals surface area contributed by atoms with E-state index in [1.807, 2.05) is 0 Å². The van der Waals surface area contributed by atoms with Crippen LogP contribution in [0.15, 0.2) is 5.10 Å². The van der Waals surface area contributed by atoms with E-state index in [9.17, 15) is 4.79 Å². The second-order valence-electron chi connectivity index (χ2n) is 5.12. The molecule has 0 saturated heterocycles. The predicted octanol–water partition coefficient (Wildman–Crippen LogP) is 2.56. The fourth-order valence-corrected chi connectivity index (χ4v) is 2.52. The lowest BCUT2D eigenvalue weighted by Crippen LogP contribution is -2.30. The average molecular weight is 208 g/mol. The van der Waals surface area contributed by atoms with E-state index in [-0.39, 0.29) is 5.91 Å². The van der Waals surface area contributed by atoms with Gasteiger partial charge in [-0.25, -0.2) is 5.01 Å². The molecule has 3 heteroatoms. The first-order chi connectivity index (χ1) is 7.16. The Morgan fingerprint density at radius 3 is 2.67 bits per heavy atom. The maximum Gasteiger partial charge on any atom is 0.248 e. The Labute approximate surface area is 91.5 Å². The quantitative estimate of drug-likeness (QED) is 0.701. The molecule has 0 unspecified atom stereocenters. The Kier molecular flexibility index (Phi) is 3.08. The van der Waals surface area contributed by atoms with Crippen LogP contribution in [0.3, 0.4) is 0 Å². The van der Waals surface area contributed by atoms with Crippen molar-refractivity contribution in [3.8, 4) is 0 Å². The van der Waals surface area contributed by atoms with Crippen LogP contribution < -0.4 is 0 Å². The summed E-state index contributed by atoms with van der Waals surface area (Å²) in [5.41, 5.74) is 1.09. The number of hydrazone groups is 1. The highest BCUT2D eigenvalue weighted by Crippen LogP contribution is 2.27. The van der Waals surface area contributed by atoms with Crippen LogP contribution in [0.2, 0.25) is 0 Å². The van der Waals surface area contributed by atoms with E-state index in [2.05, 4.69) is 18.9 Å². The molecule has 3 nitrogen and oxygen atoms in total. The molecule has 1 fully saturated rings. The molecular formula is C12H20N2O. The predicted molar refractivity (Wildman–Crippen MR) is 60.6 cm³/mol. The van der Waals surface area contributed by atoms with Crippen molar-refractivity contribution >= 4 is 11.6 Å². The average Bonchev–Trinajstić information content (AvgIpc) is 2.72. The molecule has 84 valence electrons. The van der Waals surface area contributed by atoms with E-state index < -0.39 is 0 Å². The second kappa shape index (κ2) is 4.33. The molecule has 1 saturated carbocycles. The van der Waals surface area contributed by atoms with Crippen LogP contribution in [0.25, 0.3) is 0 Å². The first-order valence-corrected chi connectivity index (χ1v) is 6.05. The number of rotatable bonds is 3. The van der Waals surface area contributed by atoms with E-state index in [1.54, 1.807) is 5.01 Å². The smallest absolute Gasteiger partial charge is 0.248 e. The molecule has 1 aliphatic heterocycles. The third-order valence-electron chi connectivity index (χ3n) is 3.17. The summed E-state index contributed by atoms with van der Waals surface area (Å²) in [6.07, 6.45) is 6.32. The summed E-state index contributed by atoms with van der Waals surface area (Å²) in [5.74, 6) is 0.817. The lowest BCUT2D eigenvalue weighted by Gasteiger charge is -2.19. The molecule has 0 radical (unpaired) electrons. The van der Waals surface area contributed by atoms with Crippen molar-refractivity contribution in [1.82, 2.24) is 5.01 Å². The SMILES string of the molecule is CC(C)CC1=NN(C2CCCC2)C(=O)C1. The van der Waals surface area contributed by atoms with Gasteiger partial charge in [-0.3, -0.25) is 4.79 Å². The lowest BCUT2D eigenvalue weighted by atomic mass is 10.1. The molecule has 2 aliphatic rings. The monoisotopic (exact) mass is 208 g/mol. The normalized spacial score (nSPS) is 23.0. The summed E-state index contributed by atoms with van der Waals surface area (Å²) >= 11 is 0. The summed E-state index contributed by atoms with van der Waals surface area (Å²) in [4.78, 5) is 11.8. The van der Waals surface area contributed by atoms with E-state index in [1.165, 1.54) is 12.8 Å². The molecule has 0 spiro atoms. The van der Waals surface area contributed by atoms with Crippen LogP contribution in [0.4, 0.5) is 0 Å². The summed E-state index contributed by atoms with van der Waals surface area (Å²) in [5, 5.41) is 6.26. The molecule has 1 heterocycles. The van der Waals surface area contributed by atoms with Gasteiger partial charge in [0, 0.05) is 5.71 Å². The van der Waals surface area contributed by atoms with Crippen LogP contribution in [-0.2, 0) is 4.79 Å². The van der Waals surface area contributed by atoms with Gasteiger partial charge in [-0.1, -0.05) is 26.7 Å². The van der Waals surface area contributed by atoms with Crippen molar-refractivity contribution in [1.29, 1.82) is 0 Å². The maximum atomic E-state index is 11.8. The summed E-state index contributed by atoms with van der Waals surface area (Å²) in [7, 11) is 0. The van der Waals surface area contributed by atoms with E-state index in [4.69, 9.17) is 0 Å². The van der Waals surface area contributed by atoms with Gasteiger partial charge in [-0.2, -0.15) is 5.10 Å². The zero-order chi connectivity index (χ0) is 10.8. The van der Waals surface area contributed by atoms with Crippen LogP contribution in [0, 0.1) is 5.92 Å². The van der Waals surface area contributed by atoms with Gasteiger partial charge >= 0.3 is 0 Å². The van der Waals surface area contributed by atoms with Gasteiger partial charge in [-0.05, 0) is 25.2 Å². The molecule has 1 aliphatic carbocycles. The molecule has 0 aromatic rings. The molecule has 0 aromatic carbocycles. The highest BCUT2D eigenvalue weighted by Gasteiger charge is 2.31. The van der Waals surface area contributed by atoms with Gasteiger partial charge < -0.3 is 0 Å². The molecule has 0 bridgehead atoms. The fraction of sp³-hybridized carbons (Fsp3) is 0.833. The minimum Gasteiger partial charge on any atom is -0.273 e. The number of nitrogens with zero attached hydrogens (tertiary/aromatic N) is 2. The Hall–Kier alpha value is -0.860. The topological polar surface area (TPSA) is 32.7 Å². The molecule has 1 amide bonds. The largest absolute Gasteiger partial charge is 0.273 e. The minimum atomic E-state index is 0.220. The van der Waals surface area contributed by atoms with Gasteiger partial charge in [0.1, 0.15) is 0 Å². The standard InChI is InChI=1S/C12H20N2O/c1-9(2)7-10-8-12(15)14(13-10)11-5-3-4-6-11/h9,11H,3-8H2,1-2H3. The number of carbonyl (C=O) groups is 1. The van der Waals surface area contributed by atoms with Crippen molar-refractivity contribution in [3.63, 3.8) is 0 Å². The molecule has 0 N–H and O–H groups in total. The molecule has 2 rings (SSSR count). The fourth-order valence-electron chi connectivity index (χ4n) is 2.52. The third kappa shape index (κ3) is 2.39. The van der Waals surface area contributed by atoms with E-state index >= 15 is 0 Å². The van der Waals surface area contributed by atoms with Crippen molar-refractivity contribution in [3.05, 3.63) is 0 Å². The summed E-state index contributed by atoms with van der Waals surface area (Å²) < 4.78 is 0. The highest BCUT2D eigenvalue weighted by atomic mass is 16.2. The van der Waals surface area contributed by atoms with Gasteiger partial charge in [0.2, 0.25) is 5.91 Å². The van der Waals surface area contributed by atoms with Gasteiger partial charge in [-0.15, -0.1) is 0 Å². The highest BCUT2D eigenvalue weighted by molar-refractivity contribution is 6.05. The Balaban J connectivity index is 1.99. The van der Waals surface area contributed by atoms with Gasteiger partial charge in [0.05, 0.1) is 12.5 Å². The third-order valence-corrected chi connectivity index (χ3v) is 3.17. The zero-order valence-corrected chi connectivity index (χ0v) is 9.70. The van der Waals surface area contributed by atoms with Crippen molar-refractivity contribution in [2.24, 2.45) is 11.0 Å². The maximum absolute atomic E-state index is 11.8. The lowest BCUT2D eigenvalue weighted by molar-refractivity contribution is -0.130. The Morgan fingerprint density at radius 1 is 1.40 bits per heavy atom. The Bertz CT molecular complexity index is 277.